The highest BCUT2D eigenvalue weighted by atomic mass is 16.3. The monoisotopic (exact) mass is 273 g/mol. The second kappa shape index (κ2) is 6.25. The number of rotatable bonds is 5. The Balaban J connectivity index is 2.01. The minimum absolute atomic E-state index is 0.00462. The van der Waals surface area contributed by atoms with E-state index in [0.29, 0.717) is 17.8 Å². The standard InChI is InChI=1S/C15H19N3O2/c1-18(2)13(14-7-4-8-20-14)10-17-15(19)11-5-3-6-12(16)9-11/h3-9,13H,10,16H2,1-2H3,(H,17,19). The molecule has 0 saturated heterocycles. The number of nitrogen functional groups attached to an aromatic ring is 1. The Morgan fingerprint density at radius 2 is 2.15 bits per heavy atom. The van der Waals surface area contributed by atoms with Crippen LogP contribution < -0.4 is 11.1 Å². The highest BCUT2D eigenvalue weighted by Gasteiger charge is 2.18. The molecular formula is C15H19N3O2. The van der Waals surface area contributed by atoms with Crippen LogP contribution in [0.1, 0.15) is 22.2 Å². The average molecular weight is 273 g/mol. The molecule has 1 atom stereocenters. The summed E-state index contributed by atoms with van der Waals surface area (Å²) in [4.78, 5) is 14.1. The van der Waals surface area contributed by atoms with Gasteiger partial charge in [-0.1, -0.05) is 6.07 Å². The molecule has 1 aromatic carbocycles. The molecule has 5 heteroatoms. The van der Waals surface area contributed by atoms with Gasteiger partial charge in [0, 0.05) is 17.8 Å². The van der Waals surface area contributed by atoms with Crippen LogP contribution >= 0.6 is 0 Å². The Morgan fingerprint density at radius 3 is 2.75 bits per heavy atom. The molecule has 0 aliphatic carbocycles. The smallest absolute Gasteiger partial charge is 0.251 e. The molecule has 1 aromatic heterocycles. The Bertz CT molecular complexity index is 564. The van der Waals surface area contributed by atoms with Crippen LogP contribution in [0.5, 0.6) is 0 Å². The number of nitrogens with two attached hydrogens (primary N) is 1. The van der Waals surface area contributed by atoms with Gasteiger partial charge in [-0.25, -0.2) is 0 Å². The number of likely N-dealkylation sites (N-methyl/N-ethyl adjacent to an activating group) is 1. The molecule has 106 valence electrons. The molecule has 20 heavy (non-hydrogen) atoms. The first-order chi connectivity index (χ1) is 9.58. The van der Waals surface area contributed by atoms with Crippen LogP contribution in [-0.2, 0) is 0 Å². The fourth-order valence-electron chi connectivity index (χ4n) is 1.99. The predicted octanol–water partition coefficient (Wildman–Crippen LogP) is 1.89. The first-order valence-corrected chi connectivity index (χ1v) is 6.41. The number of hydrogen-bond acceptors (Lipinski definition) is 4. The molecule has 2 aromatic rings. The molecule has 5 nitrogen and oxygen atoms in total. The lowest BCUT2D eigenvalue weighted by Gasteiger charge is -2.22. The Labute approximate surface area is 118 Å². The van der Waals surface area contributed by atoms with Crippen molar-refractivity contribution in [2.75, 3.05) is 26.4 Å². The van der Waals surface area contributed by atoms with Gasteiger partial charge in [-0.2, -0.15) is 0 Å². The summed E-state index contributed by atoms with van der Waals surface area (Å²) >= 11 is 0. The number of nitrogens with one attached hydrogen (secondary N) is 1. The van der Waals surface area contributed by atoms with Crippen LogP contribution in [0.3, 0.4) is 0 Å². The molecule has 1 unspecified atom stereocenters. The molecule has 0 bridgehead atoms. The molecular weight excluding hydrogens is 254 g/mol. The lowest BCUT2D eigenvalue weighted by molar-refractivity contribution is 0.0939. The van der Waals surface area contributed by atoms with Crippen LogP contribution in [0, 0.1) is 0 Å². The van der Waals surface area contributed by atoms with Crippen molar-refractivity contribution in [2.45, 2.75) is 6.04 Å². The third-order valence-corrected chi connectivity index (χ3v) is 3.10. The van der Waals surface area contributed by atoms with Crippen molar-refractivity contribution in [3.8, 4) is 0 Å². The lowest BCUT2D eigenvalue weighted by atomic mass is 10.1. The fourth-order valence-corrected chi connectivity index (χ4v) is 1.99. The third kappa shape index (κ3) is 3.39. The van der Waals surface area contributed by atoms with E-state index < -0.39 is 0 Å². The minimum atomic E-state index is -0.143. The van der Waals surface area contributed by atoms with Crippen molar-refractivity contribution < 1.29 is 9.21 Å². The maximum absolute atomic E-state index is 12.1. The van der Waals surface area contributed by atoms with Crippen LogP contribution in [0.2, 0.25) is 0 Å². The van der Waals surface area contributed by atoms with Crippen LogP contribution in [0.4, 0.5) is 5.69 Å². The summed E-state index contributed by atoms with van der Waals surface area (Å²) < 4.78 is 5.40. The molecule has 1 heterocycles. The number of benzene rings is 1. The first-order valence-electron chi connectivity index (χ1n) is 6.41. The lowest BCUT2D eigenvalue weighted by Crippen LogP contribution is -2.34. The zero-order valence-corrected chi connectivity index (χ0v) is 11.7. The highest BCUT2D eigenvalue weighted by Crippen LogP contribution is 2.17. The van der Waals surface area contributed by atoms with Gasteiger partial charge in [-0.15, -0.1) is 0 Å². The van der Waals surface area contributed by atoms with E-state index in [2.05, 4.69) is 5.32 Å². The topological polar surface area (TPSA) is 71.5 Å². The second-order valence-corrected chi connectivity index (χ2v) is 4.83. The van der Waals surface area contributed by atoms with E-state index in [1.165, 1.54) is 0 Å². The van der Waals surface area contributed by atoms with Crippen molar-refractivity contribution in [3.63, 3.8) is 0 Å². The molecule has 0 saturated carbocycles. The maximum atomic E-state index is 12.1. The van der Waals surface area contributed by atoms with Crippen LogP contribution in [0.15, 0.2) is 47.1 Å². The van der Waals surface area contributed by atoms with E-state index in [-0.39, 0.29) is 11.9 Å². The quantitative estimate of drug-likeness (QED) is 0.816. The Morgan fingerprint density at radius 1 is 1.35 bits per heavy atom. The maximum Gasteiger partial charge on any atom is 0.251 e. The van der Waals surface area contributed by atoms with Gasteiger partial charge in [0.15, 0.2) is 0 Å². The summed E-state index contributed by atoms with van der Waals surface area (Å²) in [6, 6.07) is 10.6. The van der Waals surface area contributed by atoms with Crippen LogP contribution in [-0.4, -0.2) is 31.4 Å². The van der Waals surface area contributed by atoms with Gasteiger partial charge >= 0.3 is 0 Å². The van der Waals surface area contributed by atoms with Gasteiger partial charge in [0.25, 0.3) is 5.91 Å². The SMILES string of the molecule is CN(C)C(CNC(=O)c1cccc(N)c1)c1ccco1. The summed E-state index contributed by atoms with van der Waals surface area (Å²) in [7, 11) is 3.89. The zero-order chi connectivity index (χ0) is 14.5. The number of nitrogens with zero attached hydrogens (tertiary/aromatic N) is 1. The first kappa shape index (κ1) is 14.1. The van der Waals surface area contributed by atoms with E-state index in [4.69, 9.17) is 10.2 Å². The summed E-state index contributed by atoms with van der Waals surface area (Å²) in [6.07, 6.45) is 1.63. The van der Waals surface area contributed by atoms with Crippen molar-refractivity contribution in [1.82, 2.24) is 10.2 Å². The van der Waals surface area contributed by atoms with Crippen molar-refractivity contribution >= 4 is 11.6 Å². The molecule has 0 aliphatic heterocycles. The van der Waals surface area contributed by atoms with Crippen molar-refractivity contribution in [3.05, 3.63) is 54.0 Å². The predicted molar refractivity (Wildman–Crippen MR) is 78.3 cm³/mol. The van der Waals surface area contributed by atoms with E-state index >= 15 is 0 Å². The van der Waals surface area contributed by atoms with E-state index in [1.807, 2.05) is 31.1 Å². The van der Waals surface area contributed by atoms with Crippen molar-refractivity contribution in [1.29, 1.82) is 0 Å². The molecule has 0 spiro atoms. The normalized spacial score (nSPS) is 12.3. The number of carbonyl (C=O) groups is 1. The zero-order valence-electron chi connectivity index (χ0n) is 11.7. The summed E-state index contributed by atoms with van der Waals surface area (Å²) in [5.41, 5.74) is 6.81. The van der Waals surface area contributed by atoms with Crippen LogP contribution in [0.25, 0.3) is 0 Å². The van der Waals surface area contributed by atoms with Gasteiger partial charge in [-0.3, -0.25) is 9.69 Å². The van der Waals surface area contributed by atoms with E-state index in [9.17, 15) is 4.79 Å². The highest BCUT2D eigenvalue weighted by molar-refractivity contribution is 5.94. The largest absolute Gasteiger partial charge is 0.468 e. The third-order valence-electron chi connectivity index (χ3n) is 3.10. The minimum Gasteiger partial charge on any atom is -0.468 e. The summed E-state index contributed by atoms with van der Waals surface area (Å²) in [6.45, 7) is 0.466. The van der Waals surface area contributed by atoms with Gasteiger partial charge in [0.1, 0.15) is 5.76 Å². The number of anilines is 1. The van der Waals surface area contributed by atoms with Crippen molar-refractivity contribution in [2.24, 2.45) is 0 Å². The molecule has 2 rings (SSSR count). The number of furan rings is 1. The van der Waals surface area contributed by atoms with Gasteiger partial charge in [0.2, 0.25) is 0 Å². The van der Waals surface area contributed by atoms with E-state index in [0.717, 1.165) is 5.76 Å². The fraction of sp³-hybridized carbons (Fsp3) is 0.267. The Kier molecular flexibility index (Phi) is 4.42. The molecule has 3 N–H and O–H groups in total. The summed E-state index contributed by atoms with van der Waals surface area (Å²) in [5, 5.41) is 2.90. The summed E-state index contributed by atoms with van der Waals surface area (Å²) in [5.74, 6) is 0.679. The molecule has 0 fully saturated rings. The number of amides is 1. The molecule has 1 amide bonds. The number of hydrogen-bond donors (Lipinski definition) is 2. The Hall–Kier alpha value is -2.27. The second-order valence-electron chi connectivity index (χ2n) is 4.83. The molecule has 0 aliphatic rings. The van der Waals surface area contributed by atoms with Gasteiger partial charge in [0.05, 0.1) is 12.3 Å². The number of carbonyl (C=O) groups excluding carboxylic acids is 1. The van der Waals surface area contributed by atoms with E-state index in [1.54, 1.807) is 30.5 Å². The van der Waals surface area contributed by atoms with Gasteiger partial charge < -0.3 is 15.5 Å². The molecule has 0 radical (unpaired) electrons. The average Bonchev–Trinajstić information content (AvgIpc) is 2.92. The van der Waals surface area contributed by atoms with Gasteiger partial charge in [-0.05, 0) is 44.4 Å².